The van der Waals surface area contributed by atoms with E-state index < -0.39 is 0 Å². The lowest BCUT2D eigenvalue weighted by Crippen LogP contribution is -2.47. The molecule has 0 bridgehead atoms. The minimum absolute atomic E-state index is 0.224. The lowest BCUT2D eigenvalue weighted by Gasteiger charge is -2.31. The van der Waals surface area contributed by atoms with Crippen molar-refractivity contribution in [2.24, 2.45) is 5.92 Å². The molecule has 3 heteroatoms. The molecule has 2 saturated carbocycles. The summed E-state index contributed by atoms with van der Waals surface area (Å²) in [5, 5.41) is 13.0. The van der Waals surface area contributed by atoms with Crippen LogP contribution < -0.4 is 5.32 Å². The molecule has 2 aliphatic carbocycles. The van der Waals surface area contributed by atoms with E-state index in [1.807, 2.05) is 0 Å². The molecule has 2 rings (SSSR count). The molecule has 0 spiro atoms. The summed E-state index contributed by atoms with van der Waals surface area (Å²) in [5.41, 5.74) is -0.224. The highest BCUT2D eigenvalue weighted by Gasteiger charge is 2.42. The average Bonchev–Trinajstić information content (AvgIpc) is 3.14. The third-order valence-corrected chi connectivity index (χ3v) is 4.75. The van der Waals surface area contributed by atoms with Crippen molar-refractivity contribution in [1.29, 1.82) is 5.26 Å². The van der Waals surface area contributed by atoms with Crippen molar-refractivity contribution in [2.45, 2.75) is 64.0 Å². The second kappa shape index (κ2) is 6.04. The fourth-order valence-corrected chi connectivity index (χ4v) is 3.56. The summed E-state index contributed by atoms with van der Waals surface area (Å²) in [5.74, 6) is 0.551. The molecule has 0 aromatic carbocycles. The van der Waals surface area contributed by atoms with Crippen molar-refractivity contribution in [2.75, 3.05) is 19.6 Å². The summed E-state index contributed by atoms with van der Waals surface area (Å²) in [7, 11) is 0. The van der Waals surface area contributed by atoms with Crippen LogP contribution in [0.3, 0.4) is 0 Å². The molecule has 2 fully saturated rings. The smallest absolute Gasteiger partial charge is 0.109 e. The second-order valence-corrected chi connectivity index (χ2v) is 5.85. The minimum Gasteiger partial charge on any atom is -0.301 e. The van der Waals surface area contributed by atoms with E-state index in [0.29, 0.717) is 5.92 Å². The lowest BCUT2D eigenvalue weighted by molar-refractivity contribution is 0.224. The number of rotatable bonds is 7. The molecular weight excluding hydrogens is 222 g/mol. The van der Waals surface area contributed by atoms with Crippen LogP contribution in [0.4, 0.5) is 0 Å². The van der Waals surface area contributed by atoms with Crippen molar-refractivity contribution >= 4 is 0 Å². The van der Waals surface area contributed by atoms with Gasteiger partial charge in [0.05, 0.1) is 6.07 Å². The standard InChI is InChI=1S/C15H27N3/c1-3-17-15(12-16)10-5-6-13(15)9-11-18(4-2)14-7-8-14/h13-14,17H,3-11H2,1-2H3. The summed E-state index contributed by atoms with van der Waals surface area (Å²) in [4.78, 5) is 2.60. The molecule has 0 saturated heterocycles. The summed E-state index contributed by atoms with van der Waals surface area (Å²) in [6.07, 6.45) is 7.43. The molecule has 0 heterocycles. The third kappa shape index (κ3) is 2.87. The quantitative estimate of drug-likeness (QED) is 0.753. The largest absolute Gasteiger partial charge is 0.301 e. The highest BCUT2D eigenvalue weighted by atomic mass is 15.2. The van der Waals surface area contributed by atoms with E-state index in [1.165, 1.54) is 38.6 Å². The predicted octanol–water partition coefficient (Wildman–Crippen LogP) is 2.53. The molecule has 0 aromatic heterocycles. The van der Waals surface area contributed by atoms with E-state index in [2.05, 4.69) is 30.1 Å². The van der Waals surface area contributed by atoms with Crippen LogP contribution in [0.25, 0.3) is 0 Å². The molecule has 0 amide bonds. The van der Waals surface area contributed by atoms with Crippen molar-refractivity contribution < 1.29 is 0 Å². The molecular formula is C15H27N3. The number of nitrogens with zero attached hydrogens (tertiary/aromatic N) is 2. The molecule has 0 aliphatic heterocycles. The Balaban J connectivity index is 1.88. The van der Waals surface area contributed by atoms with Crippen molar-refractivity contribution in [3.63, 3.8) is 0 Å². The first-order valence-corrected chi connectivity index (χ1v) is 7.66. The summed E-state index contributed by atoms with van der Waals surface area (Å²) in [6, 6.07) is 3.44. The van der Waals surface area contributed by atoms with Crippen LogP contribution in [0.15, 0.2) is 0 Å². The van der Waals surface area contributed by atoms with E-state index >= 15 is 0 Å². The Kier molecular flexibility index (Phi) is 4.64. The summed E-state index contributed by atoms with van der Waals surface area (Å²) < 4.78 is 0. The van der Waals surface area contributed by atoms with E-state index in [-0.39, 0.29) is 5.54 Å². The van der Waals surface area contributed by atoms with Gasteiger partial charge in [0.2, 0.25) is 0 Å². The number of nitriles is 1. The molecule has 3 nitrogen and oxygen atoms in total. The molecule has 2 unspecified atom stereocenters. The van der Waals surface area contributed by atoms with Crippen LogP contribution in [-0.4, -0.2) is 36.1 Å². The Bertz CT molecular complexity index is 305. The number of hydrogen-bond acceptors (Lipinski definition) is 3. The molecule has 1 N–H and O–H groups in total. The van der Waals surface area contributed by atoms with Gasteiger partial charge in [-0.3, -0.25) is 5.32 Å². The SMILES string of the molecule is CCNC1(C#N)CCCC1CCN(CC)C1CC1. The van der Waals surface area contributed by atoms with E-state index in [9.17, 15) is 5.26 Å². The Morgan fingerprint density at radius 3 is 2.67 bits per heavy atom. The van der Waals surface area contributed by atoms with Crippen LogP contribution in [0.5, 0.6) is 0 Å². The van der Waals surface area contributed by atoms with E-state index in [0.717, 1.165) is 25.6 Å². The first-order chi connectivity index (χ1) is 8.75. The molecule has 2 atom stereocenters. The molecule has 102 valence electrons. The topological polar surface area (TPSA) is 39.1 Å². The zero-order chi connectivity index (χ0) is 13.0. The lowest BCUT2D eigenvalue weighted by atomic mass is 9.85. The first-order valence-electron chi connectivity index (χ1n) is 7.66. The van der Waals surface area contributed by atoms with E-state index in [4.69, 9.17) is 0 Å². The normalized spacial score (nSPS) is 31.8. The van der Waals surface area contributed by atoms with Crippen molar-refractivity contribution in [3.8, 4) is 6.07 Å². The maximum atomic E-state index is 9.54. The van der Waals surface area contributed by atoms with Gasteiger partial charge in [-0.05, 0) is 57.7 Å². The highest BCUT2D eigenvalue weighted by Crippen LogP contribution is 2.38. The Morgan fingerprint density at radius 2 is 2.11 bits per heavy atom. The predicted molar refractivity (Wildman–Crippen MR) is 74.2 cm³/mol. The van der Waals surface area contributed by atoms with Crippen LogP contribution in [0, 0.1) is 17.2 Å². The Hall–Kier alpha value is -0.590. The fraction of sp³-hybridized carbons (Fsp3) is 0.933. The zero-order valence-electron chi connectivity index (χ0n) is 11.9. The average molecular weight is 249 g/mol. The minimum atomic E-state index is -0.224. The number of nitrogens with one attached hydrogen (secondary N) is 1. The summed E-state index contributed by atoms with van der Waals surface area (Å²) >= 11 is 0. The van der Waals surface area contributed by atoms with Crippen LogP contribution in [0.2, 0.25) is 0 Å². The van der Waals surface area contributed by atoms with Gasteiger partial charge in [-0.15, -0.1) is 0 Å². The van der Waals surface area contributed by atoms with Gasteiger partial charge in [0, 0.05) is 6.04 Å². The van der Waals surface area contributed by atoms with E-state index in [1.54, 1.807) is 0 Å². The first kappa shape index (κ1) is 13.8. The number of hydrogen-bond donors (Lipinski definition) is 1. The fourth-order valence-electron chi connectivity index (χ4n) is 3.56. The molecule has 0 aromatic rings. The second-order valence-electron chi connectivity index (χ2n) is 5.85. The van der Waals surface area contributed by atoms with Gasteiger partial charge in [-0.25, -0.2) is 0 Å². The Morgan fingerprint density at radius 1 is 1.33 bits per heavy atom. The van der Waals surface area contributed by atoms with Crippen LogP contribution in [-0.2, 0) is 0 Å². The summed E-state index contributed by atoms with van der Waals surface area (Å²) in [6.45, 7) is 7.62. The van der Waals surface area contributed by atoms with Gasteiger partial charge in [0.25, 0.3) is 0 Å². The Labute approximate surface area is 112 Å². The third-order valence-electron chi connectivity index (χ3n) is 4.75. The highest BCUT2D eigenvalue weighted by molar-refractivity contribution is 5.14. The van der Waals surface area contributed by atoms with Gasteiger partial charge >= 0.3 is 0 Å². The van der Waals surface area contributed by atoms with Gasteiger partial charge in [0.1, 0.15) is 5.54 Å². The van der Waals surface area contributed by atoms with Crippen LogP contribution >= 0.6 is 0 Å². The van der Waals surface area contributed by atoms with Gasteiger partial charge in [-0.1, -0.05) is 20.3 Å². The van der Waals surface area contributed by atoms with Crippen molar-refractivity contribution in [3.05, 3.63) is 0 Å². The zero-order valence-corrected chi connectivity index (χ0v) is 11.9. The molecule has 0 radical (unpaired) electrons. The maximum absolute atomic E-state index is 9.54. The van der Waals surface area contributed by atoms with Crippen LogP contribution in [0.1, 0.15) is 52.4 Å². The van der Waals surface area contributed by atoms with Gasteiger partial charge < -0.3 is 4.90 Å². The van der Waals surface area contributed by atoms with Crippen molar-refractivity contribution in [1.82, 2.24) is 10.2 Å². The maximum Gasteiger partial charge on any atom is 0.109 e. The monoisotopic (exact) mass is 249 g/mol. The molecule has 18 heavy (non-hydrogen) atoms. The molecule has 2 aliphatic rings. The van der Waals surface area contributed by atoms with Gasteiger partial charge in [0.15, 0.2) is 0 Å². The van der Waals surface area contributed by atoms with Gasteiger partial charge in [-0.2, -0.15) is 5.26 Å².